The Morgan fingerprint density at radius 2 is 1.97 bits per heavy atom. The Bertz CT molecular complexity index is 1480. The standard InChI is InChI=1S/C26H26N2O6S/c1-5-33-20-14-17(10-11-19(20)32-4)23-22(25(31)34-6-2)15(3)27-26-28(23)24(30)21(35-26)13-16-8-7-9-18(29)12-16/h7-14,23,29H,5-6H2,1-4H3. The lowest BCUT2D eigenvalue weighted by Crippen LogP contribution is -2.40. The summed E-state index contributed by atoms with van der Waals surface area (Å²) in [4.78, 5) is 31.7. The molecular formula is C26H26N2O6S. The minimum absolute atomic E-state index is 0.103. The second kappa shape index (κ2) is 10.2. The van der Waals surface area contributed by atoms with E-state index < -0.39 is 12.0 Å². The van der Waals surface area contributed by atoms with Gasteiger partial charge in [0, 0.05) is 0 Å². The van der Waals surface area contributed by atoms with Gasteiger partial charge in [-0.05, 0) is 62.2 Å². The van der Waals surface area contributed by atoms with Crippen molar-refractivity contribution in [3.8, 4) is 17.2 Å². The van der Waals surface area contributed by atoms with E-state index in [1.54, 1.807) is 69.5 Å². The molecule has 182 valence electrons. The zero-order chi connectivity index (χ0) is 25.1. The van der Waals surface area contributed by atoms with Crippen LogP contribution in [0.5, 0.6) is 17.2 Å². The number of carbonyl (C=O) groups is 1. The average molecular weight is 495 g/mol. The summed E-state index contributed by atoms with van der Waals surface area (Å²) >= 11 is 1.22. The molecule has 0 amide bonds. The van der Waals surface area contributed by atoms with Gasteiger partial charge in [-0.2, -0.15) is 0 Å². The van der Waals surface area contributed by atoms with E-state index in [9.17, 15) is 14.7 Å². The number of carbonyl (C=O) groups excluding carboxylic acids is 1. The number of thiazole rings is 1. The van der Waals surface area contributed by atoms with Gasteiger partial charge in [-0.25, -0.2) is 9.79 Å². The van der Waals surface area contributed by atoms with Crippen LogP contribution in [0.2, 0.25) is 0 Å². The quantitative estimate of drug-likeness (QED) is 0.507. The molecule has 1 N–H and O–H groups in total. The zero-order valence-electron chi connectivity index (χ0n) is 19.9. The Hall–Kier alpha value is -3.85. The Kier molecular flexibility index (Phi) is 7.07. The van der Waals surface area contributed by atoms with Crippen molar-refractivity contribution in [3.05, 3.63) is 84.5 Å². The molecule has 8 nitrogen and oxygen atoms in total. The highest BCUT2D eigenvalue weighted by molar-refractivity contribution is 7.07. The van der Waals surface area contributed by atoms with Crippen LogP contribution in [0.4, 0.5) is 0 Å². The van der Waals surface area contributed by atoms with Gasteiger partial charge in [-0.1, -0.05) is 29.5 Å². The number of hydrogen-bond acceptors (Lipinski definition) is 8. The second-order valence-corrected chi connectivity index (χ2v) is 8.75. The minimum Gasteiger partial charge on any atom is -0.508 e. The number of rotatable bonds is 7. The molecule has 1 atom stereocenters. The van der Waals surface area contributed by atoms with Crippen LogP contribution in [0.1, 0.15) is 37.9 Å². The number of aromatic nitrogens is 1. The van der Waals surface area contributed by atoms with Crippen LogP contribution in [0.15, 0.2) is 63.5 Å². The molecule has 1 aliphatic heterocycles. The average Bonchev–Trinajstić information content (AvgIpc) is 3.12. The highest BCUT2D eigenvalue weighted by atomic mass is 32.1. The fourth-order valence-corrected chi connectivity index (χ4v) is 5.05. The largest absolute Gasteiger partial charge is 0.508 e. The number of fused-ring (bicyclic) bond motifs is 1. The molecule has 0 saturated heterocycles. The van der Waals surface area contributed by atoms with Gasteiger partial charge in [0.15, 0.2) is 16.3 Å². The molecule has 0 aliphatic carbocycles. The fraction of sp³-hybridized carbons (Fsp3) is 0.269. The molecule has 0 bridgehead atoms. The number of esters is 1. The van der Waals surface area contributed by atoms with Crippen LogP contribution >= 0.6 is 11.3 Å². The van der Waals surface area contributed by atoms with E-state index in [0.717, 1.165) is 0 Å². The summed E-state index contributed by atoms with van der Waals surface area (Å²) in [6.07, 6.45) is 1.70. The number of ether oxygens (including phenoxy) is 3. The highest BCUT2D eigenvalue weighted by Crippen LogP contribution is 2.36. The fourth-order valence-electron chi connectivity index (χ4n) is 4.00. The first kappa shape index (κ1) is 24.3. The summed E-state index contributed by atoms with van der Waals surface area (Å²) in [5.74, 6) is 0.624. The van der Waals surface area contributed by atoms with Gasteiger partial charge in [-0.15, -0.1) is 0 Å². The predicted molar refractivity (Wildman–Crippen MR) is 133 cm³/mol. The topological polar surface area (TPSA) is 99.4 Å². The van der Waals surface area contributed by atoms with Crippen LogP contribution in [0.3, 0.4) is 0 Å². The van der Waals surface area contributed by atoms with E-state index in [0.29, 0.717) is 44.3 Å². The van der Waals surface area contributed by atoms with Gasteiger partial charge >= 0.3 is 5.97 Å². The van der Waals surface area contributed by atoms with Gasteiger partial charge in [0.05, 0.1) is 42.2 Å². The van der Waals surface area contributed by atoms with Crippen molar-refractivity contribution in [2.24, 2.45) is 4.99 Å². The first-order chi connectivity index (χ1) is 16.9. The van der Waals surface area contributed by atoms with Gasteiger partial charge in [-0.3, -0.25) is 9.36 Å². The van der Waals surface area contributed by atoms with Crippen LogP contribution in [0.25, 0.3) is 6.08 Å². The Morgan fingerprint density at radius 1 is 1.17 bits per heavy atom. The molecule has 2 heterocycles. The van der Waals surface area contributed by atoms with Crippen LogP contribution in [0, 0.1) is 0 Å². The number of methoxy groups -OCH3 is 1. The number of nitrogens with zero attached hydrogens (tertiary/aromatic N) is 2. The maximum atomic E-state index is 13.6. The summed E-state index contributed by atoms with van der Waals surface area (Å²) in [5.41, 5.74) is 1.81. The highest BCUT2D eigenvalue weighted by Gasteiger charge is 2.33. The molecule has 9 heteroatoms. The number of phenolic OH excluding ortho intramolecular Hbond substituents is 1. The van der Waals surface area contributed by atoms with Crippen LogP contribution in [-0.2, 0) is 9.53 Å². The Balaban J connectivity index is 1.97. The monoisotopic (exact) mass is 494 g/mol. The number of aromatic hydroxyl groups is 1. The molecule has 3 aromatic rings. The Morgan fingerprint density at radius 3 is 2.66 bits per heavy atom. The summed E-state index contributed by atoms with van der Waals surface area (Å²) in [5, 5.41) is 9.81. The summed E-state index contributed by atoms with van der Waals surface area (Å²) in [7, 11) is 1.55. The van der Waals surface area contributed by atoms with Gasteiger partial charge in [0.1, 0.15) is 5.75 Å². The third-order valence-electron chi connectivity index (χ3n) is 5.49. The maximum absolute atomic E-state index is 13.6. The van der Waals surface area contributed by atoms with Crippen molar-refractivity contribution in [2.45, 2.75) is 26.8 Å². The number of hydrogen-bond donors (Lipinski definition) is 1. The molecular weight excluding hydrogens is 468 g/mol. The SMILES string of the molecule is CCOC(=O)C1=C(C)N=c2sc(=Cc3cccc(O)c3)c(=O)n2C1c1ccc(OC)c(OCC)c1. The maximum Gasteiger partial charge on any atom is 0.338 e. The zero-order valence-corrected chi connectivity index (χ0v) is 20.7. The first-order valence-corrected chi connectivity index (χ1v) is 12.0. The number of allylic oxidation sites excluding steroid dienone is 1. The predicted octanol–water partition coefficient (Wildman–Crippen LogP) is 2.91. The van der Waals surface area contributed by atoms with Crippen molar-refractivity contribution in [3.63, 3.8) is 0 Å². The molecule has 0 radical (unpaired) electrons. The van der Waals surface area contributed by atoms with E-state index in [2.05, 4.69) is 4.99 Å². The summed E-state index contributed by atoms with van der Waals surface area (Å²) < 4.78 is 18.4. The lowest BCUT2D eigenvalue weighted by atomic mass is 9.95. The third kappa shape index (κ3) is 4.72. The van der Waals surface area contributed by atoms with Crippen molar-refractivity contribution >= 4 is 23.4 Å². The molecule has 35 heavy (non-hydrogen) atoms. The molecule has 2 aromatic carbocycles. The van der Waals surface area contributed by atoms with E-state index in [-0.39, 0.29) is 23.5 Å². The van der Waals surface area contributed by atoms with Crippen molar-refractivity contribution < 1.29 is 24.1 Å². The van der Waals surface area contributed by atoms with Crippen LogP contribution < -0.4 is 24.4 Å². The molecule has 1 aliphatic rings. The first-order valence-electron chi connectivity index (χ1n) is 11.2. The van der Waals surface area contributed by atoms with Crippen molar-refractivity contribution in [1.29, 1.82) is 0 Å². The lowest BCUT2D eigenvalue weighted by Gasteiger charge is -2.25. The second-order valence-electron chi connectivity index (χ2n) is 7.74. The smallest absolute Gasteiger partial charge is 0.338 e. The van der Waals surface area contributed by atoms with Gasteiger partial charge in [0.2, 0.25) is 0 Å². The van der Waals surface area contributed by atoms with E-state index >= 15 is 0 Å². The Labute approximate surface area is 206 Å². The number of benzene rings is 2. The molecule has 1 unspecified atom stereocenters. The van der Waals surface area contributed by atoms with Crippen molar-refractivity contribution in [1.82, 2.24) is 4.57 Å². The summed E-state index contributed by atoms with van der Waals surface area (Å²) in [6, 6.07) is 11.2. The normalized spacial score (nSPS) is 15.4. The molecule has 0 fully saturated rings. The van der Waals surface area contributed by atoms with Crippen LogP contribution in [-0.4, -0.2) is 36.0 Å². The van der Waals surface area contributed by atoms with E-state index in [4.69, 9.17) is 14.2 Å². The number of phenols is 1. The lowest BCUT2D eigenvalue weighted by molar-refractivity contribution is -0.139. The molecule has 4 rings (SSSR count). The van der Waals surface area contributed by atoms with Crippen molar-refractivity contribution in [2.75, 3.05) is 20.3 Å². The van der Waals surface area contributed by atoms with E-state index in [1.165, 1.54) is 15.9 Å². The van der Waals surface area contributed by atoms with Gasteiger partial charge < -0.3 is 19.3 Å². The third-order valence-corrected chi connectivity index (χ3v) is 6.47. The summed E-state index contributed by atoms with van der Waals surface area (Å²) in [6.45, 7) is 5.94. The van der Waals surface area contributed by atoms with E-state index in [1.807, 2.05) is 6.92 Å². The van der Waals surface area contributed by atoms with Gasteiger partial charge in [0.25, 0.3) is 5.56 Å². The molecule has 1 aromatic heterocycles. The minimum atomic E-state index is -0.762. The molecule has 0 saturated carbocycles. The molecule has 0 spiro atoms.